The minimum atomic E-state index is -0.0752. The van der Waals surface area contributed by atoms with Crippen LogP contribution in [0.5, 0.6) is 0 Å². The summed E-state index contributed by atoms with van der Waals surface area (Å²) in [5.74, 6) is 0.193. The first-order chi connectivity index (χ1) is 9.13. The first-order valence-electron chi connectivity index (χ1n) is 6.86. The molecule has 0 saturated carbocycles. The third kappa shape index (κ3) is 3.14. The largest absolute Gasteiger partial charge is 0.318 e. The van der Waals surface area contributed by atoms with E-state index in [-0.39, 0.29) is 11.9 Å². The number of carbonyl (C=O) groups is 1. The molecule has 0 aliphatic carbocycles. The fraction of sp³-hybridized carbons (Fsp3) is 0.533. The van der Waals surface area contributed by atoms with Gasteiger partial charge in [0.2, 0.25) is 5.91 Å². The summed E-state index contributed by atoms with van der Waals surface area (Å²) in [5, 5.41) is 3.12. The molecule has 0 spiro atoms. The maximum atomic E-state index is 12.7. The molecule has 1 aliphatic heterocycles. The number of nitrogens with one attached hydrogen (secondary N) is 1. The Labute approximate surface area is 115 Å². The summed E-state index contributed by atoms with van der Waals surface area (Å²) in [5.41, 5.74) is 2.22. The van der Waals surface area contributed by atoms with Crippen LogP contribution in [0, 0.1) is 6.92 Å². The predicted octanol–water partition coefficient (Wildman–Crippen LogP) is 1.25. The minimum Gasteiger partial charge on any atom is -0.318 e. The number of benzene rings is 1. The Morgan fingerprint density at radius 3 is 2.58 bits per heavy atom. The summed E-state index contributed by atoms with van der Waals surface area (Å²) in [6.45, 7) is 4.51. The molecule has 1 aromatic rings. The van der Waals surface area contributed by atoms with Crippen LogP contribution in [0.2, 0.25) is 0 Å². The number of hydrogen-bond acceptors (Lipinski definition) is 3. The van der Waals surface area contributed by atoms with Crippen LogP contribution in [0.4, 0.5) is 5.69 Å². The van der Waals surface area contributed by atoms with Crippen molar-refractivity contribution in [1.82, 2.24) is 10.2 Å². The van der Waals surface area contributed by atoms with E-state index in [9.17, 15) is 4.79 Å². The number of nitrogens with zero attached hydrogens (tertiary/aromatic N) is 2. The zero-order valence-corrected chi connectivity index (χ0v) is 12.0. The lowest BCUT2D eigenvalue weighted by Crippen LogP contribution is -2.49. The molecule has 0 radical (unpaired) electrons. The smallest absolute Gasteiger partial charge is 0.245 e. The zero-order chi connectivity index (χ0) is 13.8. The molecular formula is C15H23N3O. The van der Waals surface area contributed by atoms with Crippen LogP contribution in [0.1, 0.15) is 12.0 Å². The lowest BCUT2D eigenvalue weighted by molar-refractivity contribution is -0.122. The summed E-state index contributed by atoms with van der Waals surface area (Å²) in [6, 6.07) is 8.12. The zero-order valence-electron chi connectivity index (χ0n) is 12.0. The van der Waals surface area contributed by atoms with Crippen LogP contribution in [-0.4, -0.2) is 50.6 Å². The summed E-state index contributed by atoms with van der Waals surface area (Å²) in [4.78, 5) is 16.7. The maximum Gasteiger partial charge on any atom is 0.245 e. The van der Waals surface area contributed by atoms with Crippen molar-refractivity contribution in [2.24, 2.45) is 0 Å². The van der Waals surface area contributed by atoms with Crippen molar-refractivity contribution in [3.8, 4) is 0 Å². The van der Waals surface area contributed by atoms with Gasteiger partial charge >= 0.3 is 0 Å². The second kappa shape index (κ2) is 6.17. The number of anilines is 1. The molecule has 4 heteroatoms. The van der Waals surface area contributed by atoms with Gasteiger partial charge in [-0.2, -0.15) is 0 Å². The highest BCUT2D eigenvalue weighted by Gasteiger charge is 2.30. The van der Waals surface area contributed by atoms with Gasteiger partial charge in [0.15, 0.2) is 0 Å². The monoisotopic (exact) mass is 261 g/mol. The summed E-state index contributed by atoms with van der Waals surface area (Å²) >= 11 is 0. The van der Waals surface area contributed by atoms with Crippen LogP contribution in [0.15, 0.2) is 24.3 Å². The average molecular weight is 261 g/mol. The molecule has 1 N–H and O–H groups in total. The van der Waals surface area contributed by atoms with Crippen LogP contribution in [0.3, 0.4) is 0 Å². The van der Waals surface area contributed by atoms with E-state index >= 15 is 0 Å². The van der Waals surface area contributed by atoms with Crippen LogP contribution < -0.4 is 10.2 Å². The van der Waals surface area contributed by atoms with Crippen molar-refractivity contribution < 1.29 is 4.79 Å². The second-order valence-corrected chi connectivity index (χ2v) is 5.23. The summed E-state index contributed by atoms with van der Waals surface area (Å²) < 4.78 is 0. The van der Waals surface area contributed by atoms with Crippen molar-refractivity contribution in [3.63, 3.8) is 0 Å². The van der Waals surface area contributed by atoms with E-state index in [1.165, 1.54) is 5.56 Å². The van der Waals surface area contributed by atoms with Gasteiger partial charge in [-0.25, -0.2) is 0 Å². The molecule has 4 nitrogen and oxygen atoms in total. The van der Waals surface area contributed by atoms with E-state index in [4.69, 9.17) is 0 Å². The van der Waals surface area contributed by atoms with Gasteiger partial charge in [-0.15, -0.1) is 0 Å². The molecule has 0 aromatic heterocycles. The lowest BCUT2D eigenvalue weighted by atomic mass is 10.2. The molecule has 1 atom stereocenters. The van der Waals surface area contributed by atoms with E-state index in [0.717, 1.165) is 25.2 Å². The molecule has 1 saturated heterocycles. The van der Waals surface area contributed by atoms with Crippen molar-refractivity contribution >= 4 is 11.6 Å². The maximum absolute atomic E-state index is 12.7. The predicted molar refractivity (Wildman–Crippen MR) is 78.5 cm³/mol. The van der Waals surface area contributed by atoms with E-state index < -0.39 is 0 Å². The normalized spacial score (nSPS) is 21.5. The van der Waals surface area contributed by atoms with Crippen LogP contribution >= 0.6 is 0 Å². The number of likely N-dealkylation sites (N-methyl/N-ethyl adjacent to an activating group) is 2. The van der Waals surface area contributed by atoms with E-state index in [1.807, 2.05) is 31.1 Å². The highest BCUT2D eigenvalue weighted by molar-refractivity contribution is 5.97. The van der Waals surface area contributed by atoms with Gasteiger partial charge in [-0.05, 0) is 39.6 Å². The Morgan fingerprint density at radius 2 is 1.95 bits per heavy atom. The number of hydrogen-bond donors (Lipinski definition) is 1. The van der Waals surface area contributed by atoms with Gasteiger partial charge in [0.25, 0.3) is 0 Å². The second-order valence-electron chi connectivity index (χ2n) is 5.23. The standard InChI is InChI=1S/C15H23N3O/c1-12-5-7-13(8-6-12)18-10-4-9-17(3)14(11-16-2)15(18)19/h5-8,14,16H,4,9-11H2,1-3H3. The average Bonchev–Trinajstić information content (AvgIpc) is 2.53. The van der Waals surface area contributed by atoms with E-state index in [2.05, 4.69) is 29.3 Å². The van der Waals surface area contributed by atoms with Gasteiger partial charge in [0.05, 0.1) is 0 Å². The molecule has 1 heterocycles. The van der Waals surface area contributed by atoms with E-state index in [1.54, 1.807) is 0 Å². The molecule has 104 valence electrons. The molecule has 1 amide bonds. The molecule has 19 heavy (non-hydrogen) atoms. The Balaban J connectivity index is 2.24. The van der Waals surface area contributed by atoms with Crippen LogP contribution in [-0.2, 0) is 4.79 Å². The van der Waals surface area contributed by atoms with Gasteiger partial charge in [0, 0.05) is 25.3 Å². The third-order valence-electron chi connectivity index (χ3n) is 3.72. The molecule has 1 aliphatic rings. The molecule has 1 unspecified atom stereocenters. The van der Waals surface area contributed by atoms with Gasteiger partial charge < -0.3 is 10.2 Å². The Bertz CT molecular complexity index is 430. The van der Waals surface area contributed by atoms with Gasteiger partial charge in [0.1, 0.15) is 6.04 Å². The fourth-order valence-corrected chi connectivity index (χ4v) is 2.53. The molecule has 0 bridgehead atoms. The van der Waals surface area contributed by atoms with Crippen molar-refractivity contribution in [2.45, 2.75) is 19.4 Å². The molecule has 2 rings (SSSR count). The topological polar surface area (TPSA) is 35.6 Å². The summed E-state index contributed by atoms with van der Waals surface area (Å²) in [6.07, 6.45) is 1.01. The third-order valence-corrected chi connectivity index (χ3v) is 3.72. The number of rotatable bonds is 3. The quantitative estimate of drug-likeness (QED) is 0.889. The number of amides is 1. The highest BCUT2D eigenvalue weighted by atomic mass is 16.2. The van der Waals surface area contributed by atoms with Gasteiger partial charge in [-0.3, -0.25) is 9.69 Å². The number of aryl methyl sites for hydroxylation is 1. The molecular weight excluding hydrogens is 238 g/mol. The first-order valence-corrected chi connectivity index (χ1v) is 6.86. The summed E-state index contributed by atoms with van der Waals surface area (Å²) in [7, 11) is 3.92. The van der Waals surface area contributed by atoms with E-state index in [0.29, 0.717) is 6.54 Å². The number of carbonyl (C=O) groups excluding carboxylic acids is 1. The van der Waals surface area contributed by atoms with Gasteiger partial charge in [-0.1, -0.05) is 17.7 Å². The van der Waals surface area contributed by atoms with Crippen molar-refractivity contribution in [2.75, 3.05) is 38.6 Å². The Hall–Kier alpha value is -1.39. The molecule has 1 fully saturated rings. The SMILES string of the molecule is CNCC1C(=O)N(c2ccc(C)cc2)CCCN1C. The minimum absolute atomic E-state index is 0.0752. The van der Waals surface area contributed by atoms with Crippen molar-refractivity contribution in [1.29, 1.82) is 0 Å². The Morgan fingerprint density at radius 1 is 1.26 bits per heavy atom. The first kappa shape index (κ1) is 14.0. The highest BCUT2D eigenvalue weighted by Crippen LogP contribution is 2.20. The fourth-order valence-electron chi connectivity index (χ4n) is 2.53. The lowest BCUT2D eigenvalue weighted by Gasteiger charge is -2.28. The molecule has 1 aromatic carbocycles. The Kier molecular flexibility index (Phi) is 4.56. The van der Waals surface area contributed by atoms with Crippen LogP contribution in [0.25, 0.3) is 0 Å². The van der Waals surface area contributed by atoms with Crippen molar-refractivity contribution in [3.05, 3.63) is 29.8 Å².